The zero-order chi connectivity index (χ0) is 18.5. The van der Waals surface area contributed by atoms with E-state index in [0.717, 1.165) is 20.9 Å². The summed E-state index contributed by atoms with van der Waals surface area (Å²) in [5.74, 6) is -0.816. The highest BCUT2D eigenvalue weighted by atomic mass is 32.1. The molecular formula is C20H18N2O2S2. The lowest BCUT2D eigenvalue weighted by Crippen LogP contribution is -2.16. The molecule has 0 bridgehead atoms. The fraction of sp³-hybridized carbons (Fsp3) is 0.100. The number of nitrogens with one attached hydrogen (secondary N) is 1. The van der Waals surface area contributed by atoms with Crippen molar-refractivity contribution in [1.82, 2.24) is 0 Å². The third-order valence-corrected chi connectivity index (χ3v) is 5.92. The lowest BCUT2D eigenvalue weighted by molar-refractivity contribution is -0.111. The summed E-state index contributed by atoms with van der Waals surface area (Å²) in [7, 11) is 0. The van der Waals surface area contributed by atoms with Gasteiger partial charge < -0.3 is 11.1 Å². The molecule has 0 unspecified atom stereocenters. The first-order chi connectivity index (χ1) is 12.5. The van der Waals surface area contributed by atoms with E-state index in [1.165, 1.54) is 17.4 Å². The van der Waals surface area contributed by atoms with Gasteiger partial charge in [-0.05, 0) is 35.6 Å². The minimum Gasteiger partial charge on any atom is -0.365 e. The lowest BCUT2D eigenvalue weighted by Gasteiger charge is -2.02. The van der Waals surface area contributed by atoms with E-state index in [4.69, 9.17) is 5.73 Å². The van der Waals surface area contributed by atoms with Crippen LogP contribution in [0.2, 0.25) is 0 Å². The Balaban J connectivity index is 1.82. The van der Waals surface area contributed by atoms with E-state index in [-0.39, 0.29) is 5.91 Å². The Labute approximate surface area is 160 Å². The van der Waals surface area contributed by atoms with Gasteiger partial charge >= 0.3 is 0 Å². The summed E-state index contributed by atoms with van der Waals surface area (Å²) in [4.78, 5) is 26.1. The van der Waals surface area contributed by atoms with Gasteiger partial charge in [0.2, 0.25) is 5.91 Å². The summed E-state index contributed by atoms with van der Waals surface area (Å²) in [5, 5.41) is 5.25. The van der Waals surface area contributed by atoms with Crippen molar-refractivity contribution < 1.29 is 9.59 Å². The summed E-state index contributed by atoms with van der Waals surface area (Å²) in [6.07, 6.45) is 3.90. The zero-order valence-electron chi connectivity index (χ0n) is 14.2. The molecule has 2 aromatic heterocycles. The second kappa shape index (κ2) is 8.12. The second-order valence-corrected chi connectivity index (χ2v) is 7.80. The van der Waals surface area contributed by atoms with Gasteiger partial charge in [0, 0.05) is 22.3 Å². The van der Waals surface area contributed by atoms with Gasteiger partial charge in [0.25, 0.3) is 5.91 Å². The first-order valence-corrected chi connectivity index (χ1v) is 9.72. The average Bonchev–Trinajstić information content (AvgIpc) is 3.23. The van der Waals surface area contributed by atoms with Crippen LogP contribution in [0.15, 0.2) is 53.9 Å². The van der Waals surface area contributed by atoms with Gasteiger partial charge in [-0.2, -0.15) is 0 Å². The number of anilines is 1. The maximum Gasteiger partial charge on any atom is 0.251 e. The lowest BCUT2D eigenvalue weighted by atomic mass is 10.1. The topological polar surface area (TPSA) is 72.2 Å². The number of primary amides is 1. The van der Waals surface area contributed by atoms with Gasteiger partial charge in [0.15, 0.2) is 0 Å². The molecule has 3 aromatic rings. The molecule has 1 aromatic carbocycles. The Hall–Kier alpha value is -2.70. The molecule has 4 nitrogen and oxygen atoms in total. The number of carbonyl (C=O) groups excluding carboxylic acids is 2. The monoisotopic (exact) mass is 382 g/mol. The van der Waals surface area contributed by atoms with Crippen LogP contribution in [0.5, 0.6) is 0 Å². The minimum absolute atomic E-state index is 0.284. The van der Waals surface area contributed by atoms with Gasteiger partial charge in [0.05, 0.1) is 5.56 Å². The van der Waals surface area contributed by atoms with Crippen LogP contribution in [0.25, 0.3) is 6.08 Å². The predicted octanol–water partition coefficient (Wildman–Crippen LogP) is 4.46. The van der Waals surface area contributed by atoms with E-state index in [2.05, 4.69) is 5.32 Å². The Morgan fingerprint density at radius 1 is 1.15 bits per heavy atom. The molecule has 0 saturated carbocycles. The Morgan fingerprint density at radius 2 is 1.92 bits per heavy atom. The number of benzene rings is 1. The molecule has 0 aliphatic rings. The number of hydrogen-bond acceptors (Lipinski definition) is 4. The summed E-state index contributed by atoms with van der Waals surface area (Å²) < 4.78 is 0. The largest absolute Gasteiger partial charge is 0.365 e. The van der Waals surface area contributed by atoms with Crippen molar-refractivity contribution in [2.24, 2.45) is 5.73 Å². The highest BCUT2D eigenvalue weighted by molar-refractivity contribution is 7.17. The van der Waals surface area contributed by atoms with Crippen molar-refractivity contribution in [1.29, 1.82) is 0 Å². The minimum atomic E-state index is -0.532. The van der Waals surface area contributed by atoms with Crippen molar-refractivity contribution in [3.63, 3.8) is 0 Å². The van der Waals surface area contributed by atoms with Crippen LogP contribution in [0.4, 0.5) is 5.00 Å². The highest BCUT2D eigenvalue weighted by Crippen LogP contribution is 2.34. The number of carbonyl (C=O) groups is 2. The zero-order valence-corrected chi connectivity index (χ0v) is 15.8. The average molecular weight is 383 g/mol. The van der Waals surface area contributed by atoms with E-state index < -0.39 is 5.91 Å². The fourth-order valence-electron chi connectivity index (χ4n) is 2.59. The summed E-state index contributed by atoms with van der Waals surface area (Å²) in [6, 6.07) is 13.8. The van der Waals surface area contributed by atoms with Gasteiger partial charge in [-0.1, -0.05) is 36.4 Å². The van der Waals surface area contributed by atoms with Gasteiger partial charge in [-0.25, -0.2) is 0 Å². The molecule has 26 heavy (non-hydrogen) atoms. The molecule has 0 saturated heterocycles. The van der Waals surface area contributed by atoms with Crippen molar-refractivity contribution in [2.75, 3.05) is 5.32 Å². The van der Waals surface area contributed by atoms with Crippen molar-refractivity contribution in [2.45, 2.75) is 13.3 Å². The normalized spacial score (nSPS) is 11.0. The number of nitrogens with two attached hydrogens (primary N) is 1. The first kappa shape index (κ1) is 18.1. The number of hydrogen-bond donors (Lipinski definition) is 2. The molecule has 0 aliphatic carbocycles. The van der Waals surface area contributed by atoms with Crippen LogP contribution < -0.4 is 11.1 Å². The van der Waals surface area contributed by atoms with E-state index >= 15 is 0 Å². The van der Waals surface area contributed by atoms with Gasteiger partial charge in [-0.3, -0.25) is 9.59 Å². The van der Waals surface area contributed by atoms with Gasteiger partial charge in [-0.15, -0.1) is 22.7 Å². The molecule has 0 atom stereocenters. The van der Waals surface area contributed by atoms with Crippen LogP contribution >= 0.6 is 22.7 Å². The third-order valence-electron chi connectivity index (χ3n) is 3.88. The van der Waals surface area contributed by atoms with Crippen molar-refractivity contribution >= 4 is 45.6 Å². The maximum absolute atomic E-state index is 12.2. The molecule has 0 aliphatic heterocycles. The Bertz CT molecular complexity index is 942. The standard InChI is InChI=1S/C20H18N2O2S2/c1-13-16(12-14-6-3-2-4-7-14)26-20(18(13)19(21)24)22-17(23)10-9-15-8-5-11-25-15/h2-11H,12H2,1H3,(H2,21,24)(H,22,23)/b10-9+. The van der Waals surface area contributed by atoms with Crippen molar-refractivity contribution in [3.8, 4) is 0 Å². The molecule has 2 heterocycles. The molecule has 6 heteroatoms. The number of rotatable bonds is 6. The molecule has 3 rings (SSSR count). The van der Waals surface area contributed by atoms with E-state index in [9.17, 15) is 9.59 Å². The molecule has 0 spiro atoms. The number of thiophene rings is 2. The molecular weight excluding hydrogens is 364 g/mol. The summed E-state index contributed by atoms with van der Waals surface area (Å²) in [5.41, 5.74) is 7.90. The summed E-state index contributed by atoms with van der Waals surface area (Å²) >= 11 is 2.95. The highest BCUT2D eigenvalue weighted by Gasteiger charge is 2.20. The predicted molar refractivity (Wildman–Crippen MR) is 109 cm³/mol. The van der Waals surface area contributed by atoms with E-state index in [1.807, 2.05) is 54.8 Å². The van der Waals surface area contributed by atoms with Crippen LogP contribution in [0.1, 0.15) is 31.2 Å². The molecule has 0 fully saturated rings. The maximum atomic E-state index is 12.2. The molecule has 0 radical (unpaired) electrons. The second-order valence-electron chi connectivity index (χ2n) is 5.72. The molecule has 132 valence electrons. The van der Waals surface area contributed by atoms with Crippen LogP contribution in [-0.2, 0) is 11.2 Å². The SMILES string of the molecule is Cc1c(Cc2ccccc2)sc(NC(=O)/C=C/c2cccs2)c1C(N)=O. The van der Waals surface area contributed by atoms with Gasteiger partial charge in [0.1, 0.15) is 5.00 Å². The molecule has 2 amide bonds. The van der Waals surface area contributed by atoms with Crippen LogP contribution in [-0.4, -0.2) is 11.8 Å². The molecule has 3 N–H and O–H groups in total. The van der Waals surface area contributed by atoms with Crippen LogP contribution in [0, 0.1) is 6.92 Å². The number of amides is 2. The van der Waals surface area contributed by atoms with Crippen LogP contribution in [0.3, 0.4) is 0 Å². The Kier molecular flexibility index (Phi) is 5.65. The van der Waals surface area contributed by atoms with E-state index in [1.54, 1.807) is 17.4 Å². The van der Waals surface area contributed by atoms with Crippen molar-refractivity contribution in [3.05, 3.63) is 80.4 Å². The quantitative estimate of drug-likeness (QED) is 0.618. The first-order valence-electron chi connectivity index (χ1n) is 8.03. The van der Waals surface area contributed by atoms with E-state index in [0.29, 0.717) is 17.0 Å². The third kappa shape index (κ3) is 4.28. The fourth-order valence-corrected chi connectivity index (χ4v) is 4.46. The smallest absolute Gasteiger partial charge is 0.251 e. The Morgan fingerprint density at radius 3 is 2.58 bits per heavy atom. The summed E-state index contributed by atoms with van der Waals surface area (Å²) in [6.45, 7) is 1.87.